The molecule has 0 aromatic heterocycles. The second-order valence-corrected chi connectivity index (χ2v) is 4.09. The Bertz CT molecular complexity index is 366. The van der Waals surface area contributed by atoms with E-state index in [1.807, 2.05) is 31.2 Å². The summed E-state index contributed by atoms with van der Waals surface area (Å²) in [6.45, 7) is 4.05. The fraction of sp³-hybridized carbons (Fsp3) is 0.385. The van der Waals surface area contributed by atoms with E-state index in [9.17, 15) is 4.79 Å². The van der Waals surface area contributed by atoms with Crippen LogP contribution in [0.5, 0.6) is 0 Å². The Morgan fingerprint density at radius 3 is 2.33 bits per heavy atom. The lowest BCUT2D eigenvalue weighted by molar-refractivity contribution is -0.106. The van der Waals surface area contributed by atoms with Crippen LogP contribution in [0.25, 0.3) is 0 Å². The van der Waals surface area contributed by atoms with Crippen molar-refractivity contribution in [2.75, 3.05) is 0 Å². The Kier molecular flexibility index (Phi) is 8.74. The third-order valence-electron chi connectivity index (χ3n) is 2.39. The Hall–Kier alpha value is -1.49. The average molecular weight is 268 g/mol. The third kappa shape index (κ3) is 6.30. The van der Waals surface area contributed by atoms with Gasteiger partial charge in [-0.1, -0.05) is 19.1 Å². The maximum Gasteiger partial charge on any atom is 0.251 e. The predicted molar refractivity (Wildman–Crippen MR) is 76.6 cm³/mol. The van der Waals surface area contributed by atoms with E-state index in [0.717, 1.165) is 12.0 Å². The summed E-state index contributed by atoms with van der Waals surface area (Å²) in [6, 6.07) is 7.76. The molecule has 0 heterocycles. The van der Waals surface area contributed by atoms with Crippen LogP contribution in [-0.4, -0.2) is 18.4 Å². The quantitative estimate of drug-likeness (QED) is 0.575. The summed E-state index contributed by atoms with van der Waals surface area (Å²) in [6.07, 6.45) is 1.19. The highest BCUT2D eigenvalue weighted by atomic mass is 32.1. The van der Waals surface area contributed by atoms with Crippen LogP contribution in [0.15, 0.2) is 24.3 Å². The summed E-state index contributed by atoms with van der Waals surface area (Å²) in [5.74, 6) is 0.697. The molecule has 2 amide bonds. The van der Waals surface area contributed by atoms with Crippen LogP contribution in [0.2, 0.25) is 0 Å². The Morgan fingerprint density at radius 1 is 1.44 bits per heavy atom. The normalized spacial score (nSPS) is 10.8. The molecule has 1 aromatic rings. The van der Waals surface area contributed by atoms with Crippen LogP contribution in [0.4, 0.5) is 0 Å². The first-order valence-corrected chi connectivity index (χ1v) is 6.38. The number of carbonyl (C=O) groups is 2. The molecule has 0 radical (unpaired) electrons. The Balaban J connectivity index is 0.000000873. The third-order valence-corrected chi connectivity index (χ3v) is 2.75. The SMILES string of the molecule is CCC(C)NC(=O)c1ccc(CS)cc1.NC=O. The van der Waals surface area contributed by atoms with E-state index < -0.39 is 0 Å². The van der Waals surface area contributed by atoms with Gasteiger partial charge in [-0.2, -0.15) is 12.6 Å². The van der Waals surface area contributed by atoms with Crippen LogP contribution < -0.4 is 11.1 Å². The van der Waals surface area contributed by atoms with Crippen LogP contribution in [0, 0.1) is 0 Å². The molecule has 100 valence electrons. The predicted octanol–water partition coefficient (Wildman–Crippen LogP) is 1.75. The first-order chi connectivity index (χ1) is 8.58. The molecule has 5 heteroatoms. The van der Waals surface area contributed by atoms with Gasteiger partial charge < -0.3 is 11.1 Å². The van der Waals surface area contributed by atoms with Gasteiger partial charge in [0, 0.05) is 17.4 Å². The number of rotatable bonds is 4. The van der Waals surface area contributed by atoms with Gasteiger partial charge in [-0.15, -0.1) is 0 Å². The maximum absolute atomic E-state index is 11.7. The number of benzene rings is 1. The minimum atomic E-state index is -0.00457. The first-order valence-electron chi connectivity index (χ1n) is 5.75. The molecule has 1 atom stereocenters. The summed E-state index contributed by atoms with van der Waals surface area (Å²) < 4.78 is 0. The molecule has 0 aliphatic heterocycles. The molecule has 0 saturated heterocycles. The highest BCUT2D eigenvalue weighted by molar-refractivity contribution is 7.79. The zero-order valence-corrected chi connectivity index (χ0v) is 11.6. The van der Waals surface area contributed by atoms with E-state index >= 15 is 0 Å². The van der Waals surface area contributed by atoms with Gasteiger partial charge in [0.05, 0.1) is 0 Å². The number of hydrogen-bond acceptors (Lipinski definition) is 3. The molecule has 0 spiro atoms. The zero-order chi connectivity index (χ0) is 14.0. The van der Waals surface area contributed by atoms with Crippen molar-refractivity contribution in [1.29, 1.82) is 0 Å². The molecule has 1 rings (SSSR count). The molecule has 0 fully saturated rings. The minimum absolute atomic E-state index is 0.00457. The average Bonchev–Trinajstić information content (AvgIpc) is 2.39. The van der Waals surface area contributed by atoms with Crippen molar-refractivity contribution in [2.45, 2.75) is 32.1 Å². The molecule has 0 saturated carbocycles. The van der Waals surface area contributed by atoms with E-state index in [-0.39, 0.29) is 18.4 Å². The monoisotopic (exact) mass is 268 g/mol. The summed E-state index contributed by atoms with van der Waals surface area (Å²) in [5.41, 5.74) is 6.00. The van der Waals surface area contributed by atoms with Crippen LogP contribution in [0.1, 0.15) is 36.2 Å². The van der Waals surface area contributed by atoms with Gasteiger partial charge >= 0.3 is 0 Å². The summed E-state index contributed by atoms with van der Waals surface area (Å²) in [4.78, 5) is 20.3. The molecule has 3 N–H and O–H groups in total. The van der Waals surface area contributed by atoms with Crippen LogP contribution >= 0.6 is 12.6 Å². The molecule has 18 heavy (non-hydrogen) atoms. The van der Waals surface area contributed by atoms with Crippen molar-refractivity contribution in [3.05, 3.63) is 35.4 Å². The highest BCUT2D eigenvalue weighted by Crippen LogP contribution is 2.07. The van der Waals surface area contributed by atoms with Gasteiger partial charge in [-0.3, -0.25) is 9.59 Å². The van der Waals surface area contributed by atoms with Gasteiger partial charge in [0.1, 0.15) is 0 Å². The lowest BCUT2D eigenvalue weighted by atomic mass is 10.1. The molecular formula is C13H20N2O2S. The number of primary amides is 1. The van der Waals surface area contributed by atoms with E-state index in [2.05, 4.69) is 30.6 Å². The molecule has 1 unspecified atom stereocenters. The van der Waals surface area contributed by atoms with Gasteiger partial charge in [-0.05, 0) is 31.0 Å². The second-order valence-electron chi connectivity index (χ2n) is 3.77. The van der Waals surface area contributed by atoms with Crippen LogP contribution in [0.3, 0.4) is 0 Å². The number of thiol groups is 1. The van der Waals surface area contributed by atoms with Gasteiger partial charge in [0.15, 0.2) is 0 Å². The molecule has 4 nitrogen and oxygen atoms in total. The molecule has 0 aliphatic carbocycles. The fourth-order valence-corrected chi connectivity index (χ4v) is 1.38. The molecule has 0 bridgehead atoms. The van der Waals surface area contributed by atoms with E-state index in [1.54, 1.807) is 0 Å². The van der Waals surface area contributed by atoms with E-state index in [0.29, 0.717) is 11.3 Å². The number of hydrogen-bond donors (Lipinski definition) is 3. The van der Waals surface area contributed by atoms with Crippen molar-refractivity contribution in [3.63, 3.8) is 0 Å². The van der Waals surface area contributed by atoms with Crippen molar-refractivity contribution in [3.8, 4) is 0 Å². The van der Waals surface area contributed by atoms with Crippen molar-refractivity contribution in [2.24, 2.45) is 5.73 Å². The summed E-state index contributed by atoms with van der Waals surface area (Å²) >= 11 is 4.17. The van der Waals surface area contributed by atoms with Crippen molar-refractivity contribution in [1.82, 2.24) is 5.32 Å². The van der Waals surface area contributed by atoms with Gasteiger partial charge in [0.25, 0.3) is 5.91 Å². The van der Waals surface area contributed by atoms with E-state index in [1.165, 1.54) is 0 Å². The summed E-state index contributed by atoms with van der Waals surface area (Å²) in [5, 5.41) is 2.93. The smallest absolute Gasteiger partial charge is 0.251 e. The Morgan fingerprint density at radius 2 is 1.94 bits per heavy atom. The van der Waals surface area contributed by atoms with Crippen molar-refractivity contribution >= 4 is 24.9 Å². The van der Waals surface area contributed by atoms with Gasteiger partial charge in [0.2, 0.25) is 6.41 Å². The van der Waals surface area contributed by atoms with Gasteiger partial charge in [-0.25, -0.2) is 0 Å². The highest BCUT2D eigenvalue weighted by Gasteiger charge is 2.07. The lowest BCUT2D eigenvalue weighted by Crippen LogP contribution is -2.31. The molecule has 0 aliphatic rings. The topological polar surface area (TPSA) is 72.2 Å². The fourth-order valence-electron chi connectivity index (χ4n) is 1.17. The number of nitrogens with one attached hydrogen (secondary N) is 1. The largest absolute Gasteiger partial charge is 0.372 e. The lowest BCUT2D eigenvalue weighted by Gasteiger charge is -2.11. The number of carbonyl (C=O) groups excluding carboxylic acids is 2. The minimum Gasteiger partial charge on any atom is -0.372 e. The van der Waals surface area contributed by atoms with E-state index in [4.69, 9.17) is 4.79 Å². The zero-order valence-electron chi connectivity index (χ0n) is 10.7. The first kappa shape index (κ1) is 16.5. The Labute approximate surface area is 113 Å². The summed E-state index contributed by atoms with van der Waals surface area (Å²) in [7, 11) is 0. The standard InChI is InChI=1S/C12H17NOS.CH3NO/c1-3-9(2)13-12(14)11-6-4-10(8-15)5-7-11;2-1-3/h4-7,9,15H,3,8H2,1-2H3,(H,13,14);1H,(H2,2,3). The number of nitrogens with two attached hydrogens (primary N) is 1. The molecular weight excluding hydrogens is 248 g/mol. The van der Waals surface area contributed by atoms with Crippen molar-refractivity contribution < 1.29 is 9.59 Å². The second kappa shape index (κ2) is 9.53. The molecule has 1 aromatic carbocycles. The van der Waals surface area contributed by atoms with Crippen LogP contribution in [-0.2, 0) is 10.5 Å². The maximum atomic E-state index is 11.7. The number of amides is 2.